The van der Waals surface area contributed by atoms with Crippen LogP contribution >= 0.6 is 0 Å². The van der Waals surface area contributed by atoms with Crippen LogP contribution in [-0.2, 0) is 0 Å². The van der Waals surface area contributed by atoms with Gasteiger partial charge in [0.2, 0.25) is 0 Å². The summed E-state index contributed by atoms with van der Waals surface area (Å²) in [5, 5.41) is 3.54. The Hall–Kier alpha value is -2.75. The van der Waals surface area contributed by atoms with E-state index in [1.54, 1.807) is 0 Å². The molecule has 1 aliphatic heterocycles. The Kier molecular flexibility index (Phi) is 5.31. The zero-order valence-corrected chi connectivity index (χ0v) is 15.7. The van der Waals surface area contributed by atoms with Crippen molar-refractivity contribution in [2.45, 2.75) is 39.4 Å². The molecule has 0 aliphatic carbocycles. The normalized spacial score (nSPS) is 17.3. The van der Waals surface area contributed by atoms with E-state index in [0.717, 1.165) is 29.0 Å². The summed E-state index contributed by atoms with van der Waals surface area (Å²) in [6.45, 7) is 10.5. The van der Waals surface area contributed by atoms with Crippen molar-refractivity contribution >= 4 is 11.6 Å². The molecule has 26 heavy (non-hydrogen) atoms. The average Bonchev–Trinajstić information content (AvgIpc) is 2.66. The van der Waals surface area contributed by atoms with Gasteiger partial charge in [0.05, 0.1) is 5.56 Å². The summed E-state index contributed by atoms with van der Waals surface area (Å²) in [5.41, 5.74) is 3.48. The van der Waals surface area contributed by atoms with Gasteiger partial charge in [-0.1, -0.05) is 43.8 Å². The molecule has 2 atom stereocenters. The van der Waals surface area contributed by atoms with Gasteiger partial charge in [-0.3, -0.25) is 4.79 Å². The highest BCUT2D eigenvalue weighted by molar-refractivity contribution is 6.02. The summed E-state index contributed by atoms with van der Waals surface area (Å²) >= 11 is 0. The maximum atomic E-state index is 13.2. The van der Waals surface area contributed by atoms with E-state index in [-0.39, 0.29) is 18.1 Å². The van der Waals surface area contributed by atoms with E-state index in [9.17, 15) is 4.79 Å². The van der Waals surface area contributed by atoms with Gasteiger partial charge in [-0.05, 0) is 44.0 Å². The van der Waals surface area contributed by atoms with E-state index in [1.807, 2.05) is 60.4 Å². The lowest BCUT2D eigenvalue weighted by atomic mass is 10.00. The Balaban J connectivity index is 2.05. The van der Waals surface area contributed by atoms with Crippen molar-refractivity contribution in [3.8, 4) is 5.75 Å². The molecule has 0 saturated carbocycles. The van der Waals surface area contributed by atoms with Crippen molar-refractivity contribution in [2.24, 2.45) is 0 Å². The third-order valence-electron chi connectivity index (χ3n) is 4.72. The van der Waals surface area contributed by atoms with Gasteiger partial charge < -0.3 is 15.0 Å². The monoisotopic (exact) mass is 350 g/mol. The number of nitrogens with one attached hydrogen (secondary N) is 1. The Morgan fingerprint density at radius 1 is 1.23 bits per heavy atom. The van der Waals surface area contributed by atoms with Gasteiger partial charge in [0.15, 0.2) is 0 Å². The lowest BCUT2D eigenvalue weighted by molar-refractivity contribution is 0.0590. The van der Waals surface area contributed by atoms with Crippen LogP contribution in [0.15, 0.2) is 60.7 Å². The molecule has 0 fully saturated rings. The van der Waals surface area contributed by atoms with Crippen LogP contribution in [0.2, 0.25) is 0 Å². The van der Waals surface area contributed by atoms with E-state index >= 15 is 0 Å². The summed E-state index contributed by atoms with van der Waals surface area (Å²) in [4.78, 5) is 15.1. The van der Waals surface area contributed by atoms with Gasteiger partial charge in [0.1, 0.15) is 18.5 Å². The molecule has 1 N–H and O–H groups in total. The topological polar surface area (TPSA) is 41.6 Å². The van der Waals surface area contributed by atoms with Crippen LogP contribution in [0.5, 0.6) is 5.75 Å². The smallest absolute Gasteiger partial charge is 0.258 e. The van der Waals surface area contributed by atoms with E-state index in [4.69, 9.17) is 4.74 Å². The molecule has 2 aromatic carbocycles. The number of hydrogen-bond acceptors (Lipinski definition) is 3. The van der Waals surface area contributed by atoms with Gasteiger partial charge in [-0.2, -0.15) is 0 Å². The first-order valence-corrected chi connectivity index (χ1v) is 9.07. The van der Waals surface area contributed by atoms with Gasteiger partial charge in [-0.25, -0.2) is 0 Å². The zero-order chi connectivity index (χ0) is 18.7. The fourth-order valence-electron chi connectivity index (χ4n) is 3.19. The third-order valence-corrected chi connectivity index (χ3v) is 4.72. The van der Waals surface area contributed by atoms with Crippen LogP contribution in [0.3, 0.4) is 0 Å². The molecule has 0 spiro atoms. The molecule has 4 heteroatoms. The molecule has 1 heterocycles. The SMILES string of the molecule is C=C(C)COc1ccccc1C1Nc2ccccc2C(=O)N1C(C)CC. The van der Waals surface area contributed by atoms with Crippen LogP contribution in [-0.4, -0.2) is 23.5 Å². The van der Waals surface area contributed by atoms with Crippen LogP contribution in [0.4, 0.5) is 5.69 Å². The van der Waals surface area contributed by atoms with Gasteiger partial charge >= 0.3 is 0 Å². The van der Waals surface area contributed by atoms with Crippen molar-refractivity contribution in [3.63, 3.8) is 0 Å². The Labute approximate surface area is 155 Å². The fourth-order valence-corrected chi connectivity index (χ4v) is 3.19. The fraction of sp³-hybridized carbons (Fsp3) is 0.318. The quantitative estimate of drug-likeness (QED) is 0.745. The number of carbonyl (C=O) groups excluding carboxylic acids is 1. The van der Waals surface area contributed by atoms with Crippen molar-refractivity contribution in [1.82, 2.24) is 4.90 Å². The average molecular weight is 350 g/mol. The first-order chi connectivity index (χ1) is 12.5. The highest BCUT2D eigenvalue weighted by Crippen LogP contribution is 2.38. The molecule has 136 valence electrons. The highest BCUT2D eigenvalue weighted by Gasteiger charge is 2.36. The first kappa shape index (κ1) is 18.1. The van der Waals surface area contributed by atoms with Crippen LogP contribution < -0.4 is 10.1 Å². The second-order valence-corrected chi connectivity index (χ2v) is 6.85. The predicted octanol–water partition coefficient (Wildman–Crippen LogP) is 5.01. The first-order valence-electron chi connectivity index (χ1n) is 9.07. The molecule has 3 rings (SSSR count). The van der Waals surface area contributed by atoms with E-state index in [1.165, 1.54) is 0 Å². The number of para-hydroxylation sites is 2. The van der Waals surface area contributed by atoms with Crippen molar-refractivity contribution < 1.29 is 9.53 Å². The maximum absolute atomic E-state index is 13.2. The third kappa shape index (κ3) is 3.45. The van der Waals surface area contributed by atoms with Crippen molar-refractivity contribution in [3.05, 3.63) is 71.8 Å². The number of carbonyl (C=O) groups is 1. The van der Waals surface area contributed by atoms with Gasteiger partial charge in [0.25, 0.3) is 5.91 Å². The lowest BCUT2D eigenvalue weighted by Crippen LogP contribution is -2.47. The van der Waals surface area contributed by atoms with E-state index in [2.05, 4.69) is 25.7 Å². The molecule has 0 bridgehead atoms. The zero-order valence-electron chi connectivity index (χ0n) is 15.7. The molecule has 2 aromatic rings. The molecule has 0 saturated heterocycles. The number of anilines is 1. The van der Waals surface area contributed by atoms with Crippen LogP contribution in [0.1, 0.15) is 49.3 Å². The Morgan fingerprint density at radius 2 is 1.92 bits per heavy atom. The second kappa shape index (κ2) is 7.65. The van der Waals surface area contributed by atoms with Gasteiger partial charge in [0, 0.05) is 17.3 Å². The molecule has 4 nitrogen and oxygen atoms in total. The number of hydrogen-bond donors (Lipinski definition) is 1. The number of ether oxygens (including phenoxy) is 1. The van der Waals surface area contributed by atoms with E-state index in [0.29, 0.717) is 12.2 Å². The summed E-state index contributed by atoms with van der Waals surface area (Å²) in [7, 11) is 0. The molecule has 1 amide bonds. The molecular formula is C22H26N2O2. The standard InChI is InChI=1S/C22H26N2O2/c1-5-16(4)24-21(23-19-12-8-6-10-17(19)22(24)25)18-11-7-9-13-20(18)26-14-15(2)3/h6-13,16,21,23H,2,5,14H2,1,3-4H3. The number of amides is 1. The Morgan fingerprint density at radius 3 is 2.65 bits per heavy atom. The summed E-state index contributed by atoms with van der Waals surface area (Å²) in [5.74, 6) is 0.821. The van der Waals surface area contributed by atoms with Gasteiger partial charge in [-0.15, -0.1) is 0 Å². The summed E-state index contributed by atoms with van der Waals surface area (Å²) in [6, 6.07) is 15.7. The summed E-state index contributed by atoms with van der Waals surface area (Å²) < 4.78 is 5.96. The number of benzene rings is 2. The van der Waals surface area contributed by atoms with Crippen LogP contribution in [0, 0.1) is 0 Å². The molecule has 0 radical (unpaired) electrons. The summed E-state index contributed by atoms with van der Waals surface area (Å²) in [6.07, 6.45) is 0.606. The second-order valence-electron chi connectivity index (χ2n) is 6.85. The number of nitrogens with zero attached hydrogens (tertiary/aromatic N) is 1. The van der Waals surface area contributed by atoms with Crippen LogP contribution in [0.25, 0.3) is 0 Å². The largest absolute Gasteiger partial charge is 0.489 e. The molecule has 0 aromatic heterocycles. The number of rotatable bonds is 6. The minimum absolute atomic E-state index is 0.0494. The molecular weight excluding hydrogens is 324 g/mol. The predicted molar refractivity (Wildman–Crippen MR) is 105 cm³/mol. The highest BCUT2D eigenvalue weighted by atomic mass is 16.5. The van der Waals surface area contributed by atoms with E-state index < -0.39 is 0 Å². The minimum Gasteiger partial charge on any atom is -0.489 e. The van der Waals surface area contributed by atoms with Crippen molar-refractivity contribution in [1.29, 1.82) is 0 Å². The Bertz CT molecular complexity index is 815. The molecule has 2 unspecified atom stereocenters. The van der Waals surface area contributed by atoms with Crippen molar-refractivity contribution in [2.75, 3.05) is 11.9 Å². The number of fused-ring (bicyclic) bond motifs is 1. The lowest BCUT2D eigenvalue weighted by Gasteiger charge is -2.42. The maximum Gasteiger partial charge on any atom is 0.258 e. The minimum atomic E-state index is -0.270. The molecule has 1 aliphatic rings.